The molecule has 1 fully saturated rings. The number of carbonyl (C=O) groups is 1. The van der Waals surface area contributed by atoms with E-state index in [0.29, 0.717) is 22.2 Å². The molecule has 0 atom stereocenters. The number of anilines is 2. The van der Waals surface area contributed by atoms with Gasteiger partial charge in [0.05, 0.1) is 32.4 Å². The Hall–Kier alpha value is -3.66. The van der Waals surface area contributed by atoms with Crippen LogP contribution in [0.1, 0.15) is 10.4 Å². The lowest BCUT2D eigenvalue weighted by molar-refractivity contribution is 0.0601. The van der Waals surface area contributed by atoms with Gasteiger partial charge in [-0.2, -0.15) is 0 Å². The van der Waals surface area contributed by atoms with Crippen molar-refractivity contribution < 1.29 is 19.0 Å². The molecule has 0 bridgehead atoms. The fraction of sp³-hybridized carbons (Fsp3) is 0.304. The van der Waals surface area contributed by atoms with Gasteiger partial charge in [0.1, 0.15) is 12.1 Å². The Labute approximate surface area is 197 Å². The first-order valence-electron chi connectivity index (χ1n) is 10.4. The van der Waals surface area contributed by atoms with Crippen LogP contribution >= 0.6 is 12.2 Å². The van der Waals surface area contributed by atoms with Crippen molar-refractivity contribution in [3.63, 3.8) is 0 Å². The molecular formula is C23H25N5O4S. The van der Waals surface area contributed by atoms with Gasteiger partial charge in [-0.25, -0.2) is 14.8 Å². The van der Waals surface area contributed by atoms with Gasteiger partial charge in [-0.15, -0.1) is 0 Å². The number of fused-ring (bicyclic) bond motifs is 1. The second-order valence-electron chi connectivity index (χ2n) is 7.39. The number of hydrogen-bond donors (Lipinski definition) is 1. The second-order valence-corrected chi connectivity index (χ2v) is 7.78. The van der Waals surface area contributed by atoms with Gasteiger partial charge in [-0.1, -0.05) is 0 Å². The third-order valence-corrected chi connectivity index (χ3v) is 5.90. The van der Waals surface area contributed by atoms with Crippen LogP contribution in [-0.2, 0) is 4.74 Å². The zero-order valence-electron chi connectivity index (χ0n) is 18.7. The van der Waals surface area contributed by atoms with Crippen molar-refractivity contribution in [3.8, 4) is 11.5 Å². The van der Waals surface area contributed by atoms with E-state index in [4.69, 9.17) is 26.4 Å². The number of piperazine rings is 1. The minimum atomic E-state index is -0.367. The topological polar surface area (TPSA) is 89.1 Å². The molecule has 1 saturated heterocycles. The molecule has 1 aliphatic heterocycles. The summed E-state index contributed by atoms with van der Waals surface area (Å²) in [6.07, 6.45) is 1.57. The molecule has 0 spiro atoms. The Morgan fingerprint density at radius 1 is 0.970 bits per heavy atom. The maximum Gasteiger partial charge on any atom is 0.337 e. The summed E-state index contributed by atoms with van der Waals surface area (Å²) in [7, 11) is 4.58. The highest BCUT2D eigenvalue weighted by Gasteiger charge is 2.22. The quantitative estimate of drug-likeness (QED) is 0.446. The van der Waals surface area contributed by atoms with E-state index in [0.717, 1.165) is 48.6 Å². The van der Waals surface area contributed by atoms with E-state index in [2.05, 4.69) is 25.1 Å². The van der Waals surface area contributed by atoms with Crippen molar-refractivity contribution in [1.82, 2.24) is 14.9 Å². The Morgan fingerprint density at radius 3 is 2.27 bits per heavy atom. The summed E-state index contributed by atoms with van der Waals surface area (Å²) in [5.74, 6) is 1.77. The fourth-order valence-electron chi connectivity index (χ4n) is 3.75. The van der Waals surface area contributed by atoms with Crippen molar-refractivity contribution in [2.75, 3.05) is 57.7 Å². The summed E-state index contributed by atoms with van der Waals surface area (Å²) < 4.78 is 15.6. The van der Waals surface area contributed by atoms with Gasteiger partial charge in [0, 0.05) is 43.3 Å². The summed E-state index contributed by atoms with van der Waals surface area (Å²) in [6, 6.07) is 10.8. The average molecular weight is 468 g/mol. The number of thiocarbonyl (C=S) groups is 1. The molecule has 9 nitrogen and oxygen atoms in total. The molecule has 3 aromatic rings. The number of aromatic nitrogens is 2. The number of esters is 1. The molecule has 0 amide bonds. The number of rotatable bonds is 5. The largest absolute Gasteiger partial charge is 0.493 e. The second kappa shape index (κ2) is 9.86. The van der Waals surface area contributed by atoms with E-state index < -0.39 is 0 Å². The molecule has 10 heteroatoms. The Bertz CT molecular complexity index is 1160. The highest BCUT2D eigenvalue weighted by molar-refractivity contribution is 7.80. The minimum Gasteiger partial charge on any atom is -0.493 e. The molecule has 0 saturated carbocycles. The highest BCUT2D eigenvalue weighted by Crippen LogP contribution is 2.34. The molecule has 2 heterocycles. The van der Waals surface area contributed by atoms with Gasteiger partial charge in [-0.3, -0.25) is 0 Å². The van der Waals surface area contributed by atoms with E-state index in [9.17, 15) is 4.79 Å². The molecule has 1 aliphatic rings. The Kier molecular flexibility index (Phi) is 6.74. The highest BCUT2D eigenvalue weighted by atomic mass is 32.1. The van der Waals surface area contributed by atoms with Crippen LogP contribution < -0.4 is 19.7 Å². The Balaban J connectivity index is 1.43. The van der Waals surface area contributed by atoms with Crippen molar-refractivity contribution in [3.05, 3.63) is 48.3 Å². The third kappa shape index (κ3) is 4.75. The molecular weight excluding hydrogens is 442 g/mol. The monoisotopic (exact) mass is 467 g/mol. The predicted molar refractivity (Wildman–Crippen MR) is 130 cm³/mol. The lowest BCUT2D eigenvalue weighted by atomic mass is 10.2. The number of nitrogens with zero attached hydrogens (tertiary/aromatic N) is 4. The first-order chi connectivity index (χ1) is 16.0. The lowest BCUT2D eigenvalue weighted by Crippen LogP contribution is -2.50. The normalized spacial score (nSPS) is 13.5. The van der Waals surface area contributed by atoms with Crippen LogP contribution in [0, 0.1) is 0 Å². The van der Waals surface area contributed by atoms with Gasteiger partial charge < -0.3 is 29.3 Å². The van der Waals surface area contributed by atoms with Crippen LogP contribution in [0.3, 0.4) is 0 Å². The first-order valence-corrected chi connectivity index (χ1v) is 10.8. The lowest BCUT2D eigenvalue weighted by Gasteiger charge is -2.37. The number of ether oxygens (including phenoxy) is 3. The SMILES string of the molecule is COC(=O)c1ccc(NC(=S)N2CCN(c3ncnc4cc(OC)c(OC)cc34)CC2)cc1. The molecule has 172 valence electrons. The van der Waals surface area contributed by atoms with Gasteiger partial charge in [-0.05, 0) is 42.5 Å². The number of benzene rings is 2. The maximum atomic E-state index is 11.6. The molecule has 0 aliphatic carbocycles. The van der Waals surface area contributed by atoms with Crippen molar-refractivity contribution in [2.24, 2.45) is 0 Å². The number of hydrogen-bond acceptors (Lipinski definition) is 8. The van der Waals surface area contributed by atoms with E-state index in [-0.39, 0.29) is 5.97 Å². The van der Waals surface area contributed by atoms with Gasteiger partial charge in [0.25, 0.3) is 0 Å². The van der Waals surface area contributed by atoms with Gasteiger partial charge in [0.15, 0.2) is 16.6 Å². The Morgan fingerprint density at radius 2 is 1.64 bits per heavy atom. The van der Waals surface area contributed by atoms with Crippen molar-refractivity contribution >= 4 is 45.7 Å². The molecule has 0 radical (unpaired) electrons. The number of methoxy groups -OCH3 is 3. The molecule has 1 N–H and O–H groups in total. The zero-order valence-corrected chi connectivity index (χ0v) is 19.5. The van der Waals surface area contributed by atoms with Crippen LogP contribution in [0.2, 0.25) is 0 Å². The summed E-state index contributed by atoms with van der Waals surface area (Å²) in [5.41, 5.74) is 2.11. The van der Waals surface area contributed by atoms with Crippen LogP contribution in [0.5, 0.6) is 11.5 Å². The average Bonchev–Trinajstić information content (AvgIpc) is 2.87. The molecule has 2 aromatic carbocycles. The molecule has 1 aromatic heterocycles. The standard InChI is InChI=1S/C23H25N5O4S/c1-30-19-12-17-18(13-20(19)31-2)24-14-25-21(17)27-8-10-28(11-9-27)23(33)26-16-6-4-15(5-7-16)22(29)32-3/h4-7,12-14H,8-11H2,1-3H3,(H,26,33). The smallest absolute Gasteiger partial charge is 0.337 e. The number of nitrogens with one attached hydrogen (secondary N) is 1. The van der Waals surface area contributed by atoms with Crippen LogP contribution in [0.25, 0.3) is 10.9 Å². The molecule has 0 unspecified atom stereocenters. The van der Waals surface area contributed by atoms with Gasteiger partial charge in [0.2, 0.25) is 0 Å². The third-order valence-electron chi connectivity index (χ3n) is 5.54. The van der Waals surface area contributed by atoms with E-state index >= 15 is 0 Å². The summed E-state index contributed by atoms with van der Waals surface area (Å²) >= 11 is 5.60. The summed E-state index contributed by atoms with van der Waals surface area (Å²) in [6.45, 7) is 2.99. The van der Waals surface area contributed by atoms with Crippen molar-refractivity contribution in [2.45, 2.75) is 0 Å². The molecule has 33 heavy (non-hydrogen) atoms. The summed E-state index contributed by atoms with van der Waals surface area (Å²) in [5, 5.41) is 4.79. The summed E-state index contributed by atoms with van der Waals surface area (Å²) in [4.78, 5) is 24.9. The fourth-order valence-corrected chi connectivity index (χ4v) is 4.05. The van der Waals surface area contributed by atoms with Crippen LogP contribution in [0.4, 0.5) is 11.5 Å². The van der Waals surface area contributed by atoms with Gasteiger partial charge >= 0.3 is 5.97 Å². The maximum absolute atomic E-state index is 11.6. The predicted octanol–water partition coefficient (Wildman–Crippen LogP) is 2.95. The van der Waals surface area contributed by atoms with E-state index in [1.807, 2.05) is 24.3 Å². The molecule has 4 rings (SSSR count). The minimum absolute atomic E-state index is 0.367. The van der Waals surface area contributed by atoms with Crippen LogP contribution in [0.15, 0.2) is 42.7 Å². The van der Waals surface area contributed by atoms with E-state index in [1.54, 1.807) is 32.7 Å². The first kappa shape index (κ1) is 22.5. The van der Waals surface area contributed by atoms with Crippen LogP contribution in [-0.4, -0.2) is 73.5 Å². The van der Waals surface area contributed by atoms with Crippen molar-refractivity contribution in [1.29, 1.82) is 0 Å². The number of carbonyl (C=O) groups excluding carboxylic acids is 1. The van der Waals surface area contributed by atoms with E-state index in [1.165, 1.54) is 7.11 Å². The zero-order chi connectivity index (χ0) is 23.4.